The van der Waals surface area contributed by atoms with Crippen LogP contribution < -0.4 is 5.32 Å². The Morgan fingerprint density at radius 3 is 2.53 bits per heavy atom. The largest absolute Gasteiger partial charge is 0.444 e. The summed E-state index contributed by atoms with van der Waals surface area (Å²) in [5.74, 6) is 0.336. The molecule has 1 amide bonds. The van der Waals surface area contributed by atoms with E-state index in [1.807, 2.05) is 0 Å². The maximum absolute atomic E-state index is 11.2. The Hall–Kier alpha value is -1.79. The topological polar surface area (TPSA) is 89.9 Å². The van der Waals surface area contributed by atoms with Crippen molar-refractivity contribution < 1.29 is 9.53 Å². The second-order valence-corrected chi connectivity index (χ2v) is 3.82. The lowest BCUT2D eigenvalue weighted by Gasteiger charge is -2.19. The van der Waals surface area contributed by atoms with E-state index in [0.29, 0.717) is 5.82 Å². The highest BCUT2D eigenvalue weighted by molar-refractivity contribution is 5.67. The Morgan fingerprint density at radius 1 is 1.40 bits per heavy atom. The number of rotatable bonds is 2. The van der Waals surface area contributed by atoms with Crippen LogP contribution in [0, 0.1) is 0 Å². The Kier molecular flexibility index (Phi) is 3.48. The first-order valence-electron chi connectivity index (χ1n) is 4.43. The molecule has 82 valence electrons. The maximum Gasteiger partial charge on any atom is 0.408 e. The minimum atomic E-state index is -0.519. The number of carbonyl (C=O) groups excluding carboxylic acids is 1. The Balaban J connectivity index is 2.35. The van der Waals surface area contributed by atoms with Gasteiger partial charge in [0.05, 0.1) is 6.54 Å². The molecule has 15 heavy (non-hydrogen) atoms. The molecule has 0 fully saturated rings. The Labute approximate surface area is 87.3 Å². The van der Waals surface area contributed by atoms with Crippen molar-refractivity contribution in [1.29, 1.82) is 0 Å². The smallest absolute Gasteiger partial charge is 0.408 e. The molecule has 0 unspecified atom stereocenters. The summed E-state index contributed by atoms with van der Waals surface area (Å²) in [5.41, 5.74) is -0.516. The predicted octanol–water partition coefficient (Wildman–Crippen LogP) is 0.291. The first kappa shape index (κ1) is 11.3. The first-order valence-corrected chi connectivity index (χ1v) is 4.43. The number of amides is 1. The van der Waals surface area contributed by atoms with Gasteiger partial charge in [-0.2, -0.15) is 0 Å². The van der Waals surface area contributed by atoms with Gasteiger partial charge in [-0.1, -0.05) is 0 Å². The maximum atomic E-state index is 11.2. The summed E-state index contributed by atoms with van der Waals surface area (Å²) in [6, 6.07) is 0. The highest BCUT2D eigenvalue weighted by atomic mass is 16.6. The number of hydrogen-bond acceptors (Lipinski definition) is 6. The third-order valence-electron chi connectivity index (χ3n) is 1.24. The molecule has 1 aromatic rings. The normalized spacial score (nSPS) is 10.9. The SMILES string of the molecule is CC(C)(C)OC(=O)NCc1nncnn1. The van der Waals surface area contributed by atoms with E-state index >= 15 is 0 Å². The van der Waals surface area contributed by atoms with Gasteiger partial charge in [0.1, 0.15) is 5.60 Å². The molecule has 0 aromatic carbocycles. The minimum Gasteiger partial charge on any atom is -0.444 e. The lowest BCUT2D eigenvalue weighted by Crippen LogP contribution is -2.32. The van der Waals surface area contributed by atoms with Gasteiger partial charge in [0.25, 0.3) is 0 Å². The molecule has 1 N–H and O–H groups in total. The highest BCUT2D eigenvalue weighted by Gasteiger charge is 2.15. The summed E-state index contributed by atoms with van der Waals surface area (Å²) < 4.78 is 5.01. The minimum absolute atomic E-state index is 0.149. The van der Waals surface area contributed by atoms with Crippen molar-refractivity contribution in [3.05, 3.63) is 12.2 Å². The molecular weight excluding hydrogens is 198 g/mol. The van der Waals surface area contributed by atoms with Crippen molar-refractivity contribution in [2.24, 2.45) is 0 Å². The molecule has 0 saturated heterocycles. The van der Waals surface area contributed by atoms with Gasteiger partial charge < -0.3 is 10.1 Å². The number of carbonyl (C=O) groups is 1. The lowest BCUT2D eigenvalue weighted by molar-refractivity contribution is 0.0522. The van der Waals surface area contributed by atoms with Gasteiger partial charge in [-0.15, -0.1) is 20.4 Å². The van der Waals surface area contributed by atoms with E-state index in [4.69, 9.17) is 4.74 Å². The molecule has 0 atom stereocenters. The van der Waals surface area contributed by atoms with E-state index in [2.05, 4.69) is 25.7 Å². The summed E-state index contributed by atoms with van der Waals surface area (Å²) in [6.45, 7) is 5.51. The fourth-order valence-electron chi connectivity index (χ4n) is 0.764. The number of nitrogens with one attached hydrogen (secondary N) is 1. The van der Waals surface area contributed by atoms with Crippen LogP contribution >= 0.6 is 0 Å². The van der Waals surface area contributed by atoms with Gasteiger partial charge in [-0.05, 0) is 20.8 Å². The standard InChI is InChI=1S/C8H13N5O2/c1-8(2,3)15-7(14)9-4-6-12-10-5-11-13-6/h5H,4H2,1-3H3,(H,9,14). The third kappa shape index (κ3) is 4.84. The molecule has 1 heterocycles. The first-order chi connectivity index (χ1) is 6.97. The number of alkyl carbamates (subject to hydrolysis) is 1. The van der Waals surface area contributed by atoms with Crippen molar-refractivity contribution >= 4 is 6.09 Å². The zero-order chi connectivity index (χ0) is 11.3. The van der Waals surface area contributed by atoms with Gasteiger partial charge in [-0.25, -0.2) is 4.79 Å². The molecule has 0 bridgehead atoms. The number of hydrogen-bond donors (Lipinski definition) is 1. The van der Waals surface area contributed by atoms with Crippen LogP contribution in [-0.4, -0.2) is 32.1 Å². The van der Waals surface area contributed by atoms with E-state index in [1.54, 1.807) is 20.8 Å². The molecule has 0 radical (unpaired) electrons. The van der Waals surface area contributed by atoms with Crippen LogP contribution in [0.1, 0.15) is 26.6 Å². The zero-order valence-corrected chi connectivity index (χ0v) is 8.89. The summed E-state index contributed by atoms with van der Waals surface area (Å²) in [4.78, 5) is 11.2. The molecule has 0 aliphatic heterocycles. The summed E-state index contributed by atoms with van der Waals surface area (Å²) in [5, 5.41) is 16.8. The van der Waals surface area contributed by atoms with Gasteiger partial charge in [-0.3, -0.25) is 0 Å². The van der Waals surface area contributed by atoms with Crippen LogP contribution in [0.4, 0.5) is 4.79 Å². The fraction of sp³-hybridized carbons (Fsp3) is 0.625. The number of ether oxygens (including phenoxy) is 1. The molecule has 0 spiro atoms. The van der Waals surface area contributed by atoms with Crippen molar-refractivity contribution in [1.82, 2.24) is 25.7 Å². The van der Waals surface area contributed by atoms with Crippen molar-refractivity contribution in [2.75, 3.05) is 0 Å². The van der Waals surface area contributed by atoms with Gasteiger partial charge in [0, 0.05) is 0 Å². The van der Waals surface area contributed by atoms with Crippen LogP contribution in [0.3, 0.4) is 0 Å². The van der Waals surface area contributed by atoms with Crippen molar-refractivity contribution in [3.63, 3.8) is 0 Å². The lowest BCUT2D eigenvalue weighted by atomic mass is 10.2. The van der Waals surface area contributed by atoms with Gasteiger partial charge in [0.15, 0.2) is 12.2 Å². The van der Waals surface area contributed by atoms with Crippen LogP contribution in [0.25, 0.3) is 0 Å². The molecular formula is C8H13N5O2. The monoisotopic (exact) mass is 211 g/mol. The van der Waals surface area contributed by atoms with Gasteiger partial charge >= 0.3 is 6.09 Å². The van der Waals surface area contributed by atoms with Crippen LogP contribution in [0.5, 0.6) is 0 Å². The van der Waals surface area contributed by atoms with E-state index < -0.39 is 11.7 Å². The zero-order valence-electron chi connectivity index (χ0n) is 8.89. The molecule has 0 aliphatic rings. The molecule has 1 rings (SSSR count). The van der Waals surface area contributed by atoms with E-state index in [1.165, 1.54) is 6.33 Å². The molecule has 0 aliphatic carbocycles. The molecule has 1 aromatic heterocycles. The quantitative estimate of drug-likeness (QED) is 0.756. The van der Waals surface area contributed by atoms with Crippen molar-refractivity contribution in [2.45, 2.75) is 32.9 Å². The summed E-state index contributed by atoms with van der Waals surface area (Å²) in [6.07, 6.45) is 0.701. The highest BCUT2D eigenvalue weighted by Crippen LogP contribution is 2.06. The second kappa shape index (κ2) is 4.63. The van der Waals surface area contributed by atoms with Crippen LogP contribution in [0.2, 0.25) is 0 Å². The molecule has 7 heteroatoms. The molecule has 0 saturated carbocycles. The third-order valence-corrected chi connectivity index (χ3v) is 1.24. The van der Waals surface area contributed by atoms with Gasteiger partial charge in [0.2, 0.25) is 0 Å². The average molecular weight is 211 g/mol. The van der Waals surface area contributed by atoms with Crippen LogP contribution in [0.15, 0.2) is 6.33 Å². The molecule has 7 nitrogen and oxygen atoms in total. The Bertz CT molecular complexity index is 322. The summed E-state index contributed by atoms with van der Waals surface area (Å²) >= 11 is 0. The second-order valence-electron chi connectivity index (χ2n) is 3.82. The number of aromatic nitrogens is 4. The Morgan fingerprint density at radius 2 is 2.00 bits per heavy atom. The summed E-state index contributed by atoms with van der Waals surface area (Å²) in [7, 11) is 0. The average Bonchev–Trinajstić information content (AvgIpc) is 2.14. The van der Waals surface area contributed by atoms with E-state index in [0.717, 1.165) is 0 Å². The van der Waals surface area contributed by atoms with Crippen molar-refractivity contribution in [3.8, 4) is 0 Å². The predicted molar refractivity (Wildman–Crippen MR) is 50.7 cm³/mol. The van der Waals surface area contributed by atoms with E-state index in [-0.39, 0.29) is 6.54 Å². The number of nitrogens with zero attached hydrogens (tertiary/aromatic N) is 4. The van der Waals surface area contributed by atoms with Crippen LogP contribution in [-0.2, 0) is 11.3 Å². The fourth-order valence-corrected chi connectivity index (χ4v) is 0.764. The van der Waals surface area contributed by atoms with E-state index in [9.17, 15) is 4.79 Å².